The Hall–Kier alpha value is -3.68. The fraction of sp³-hybridized carbons (Fsp3) is 0.200. The molecule has 142 valence electrons. The van der Waals surface area contributed by atoms with E-state index >= 15 is 0 Å². The summed E-state index contributed by atoms with van der Waals surface area (Å²) in [4.78, 5) is 49.8. The lowest BCUT2D eigenvalue weighted by molar-refractivity contribution is -0.142. The average Bonchev–Trinajstić information content (AvgIpc) is 2.92. The van der Waals surface area contributed by atoms with E-state index in [1.807, 2.05) is 0 Å². The minimum atomic E-state index is -1.30. The van der Waals surface area contributed by atoms with Gasteiger partial charge in [-0.15, -0.1) is 0 Å². The summed E-state index contributed by atoms with van der Waals surface area (Å²) in [5, 5.41) is 3.22. The number of esters is 1. The molecular weight excluding hydrogens is 362 g/mol. The minimum absolute atomic E-state index is 0.160. The number of amides is 4. The topological polar surface area (TPSA) is 105 Å². The number of benzene rings is 2. The number of fused-ring (bicyclic) bond motifs is 1. The van der Waals surface area contributed by atoms with Gasteiger partial charge in [0.2, 0.25) is 0 Å². The molecule has 1 fully saturated rings. The molecule has 8 heteroatoms. The molecule has 8 nitrogen and oxygen atoms in total. The van der Waals surface area contributed by atoms with E-state index in [4.69, 9.17) is 4.74 Å². The van der Waals surface area contributed by atoms with Crippen LogP contribution in [0.1, 0.15) is 28.4 Å². The maximum Gasteiger partial charge on any atom is 0.344 e. The van der Waals surface area contributed by atoms with Gasteiger partial charge in [-0.25, -0.2) is 9.59 Å². The predicted octanol–water partition coefficient (Wildman–Crippen LogP) is 1.27. The Balaban J connectivity index is 1.52. The molecule has 4 amide bonds. The standard InChI is InChI=1S/C20H17N3O5/c1-20(13-8-3-2-4-9-13)18(26)23(19(27)21-20)22-16(24)15-11-12-7-5-6-10-14(12)17(25)28-15/h2-10,15H,11H2,1H3,(H,21,27)(H,22,24)/t15-,20+/m1/s1. The summed E-state index contributed by atoms with van der Waals surface area (Å²) < 4.78 is 5.17. The van der Waals surface area contributed by atoms with Crippen molar-refractivity contribution in [2.24, 2.45) is 0 Å². The highest BCUT2D eigenvalue weighted by Crippen LogP contribution is 2.28. The molecule has 2 aliphatic rings. The number of hydrogen-bond acceptors (Lipinski definition) is 5. The van der Waals surface area contributed by atoms with Crippen LogP contribution in [0.4, 0.5) is 4.79 Å². The van der Waals surface area contributed by atoms with Gasteiger partial charge in [-0.05, 0) is 24.1 Å². The van der Waals surface area contributed by atoms with Crippen molar-refractivity contribution in [3.8, 4) is 0 Å². The van der Waals surface area contributed by atoms with Crippen molar-refractivity contribution >= 4 is 23.8 Å². The monoisotopic (exact) mass is 379 g/mol. The summed E-state index contributed by atoms with van der Waals surface area (Å²) in [6.07, 6.45) is -0.973. The Morgan fingerprint density at radius 3 is 2.54 bits per heavy atom. The summed E-state index contributed by atoms with van der Waals surface area (Å²) in [7, 11) is 0. The van der Waals surface area contributed by atoms with E-state index in [9.17, 15) is 19.2 Å². The predicted molar refractivity (Wildman–Crippen MR) is 96.7 cm³/mol. The summed E-state index contributed by atoms with van der Waals surface area (Å²) in [6.45, 7) is 1.56. The van der Waals surface area contributed by atoms with E-state index in [2.05, 4.69) is 10.7 Å². The third kappa shape index (κ3) is 2.79. The fourth-order valence-electron chi connectivity index (χ4n) is 3.37. The second-order valence-electron chi connectivity index (χ2n) is 6.79. The molecule has 4 rings (SSSR count). The lowest BCUT2D eigenvalue weighted by Gasteiger charge is -2.26. The van der Waals surface area contributed by atoms with E-state index in [0.717, 1.165) is 0 Å². The van der Waals surface area contributed by atoms with Gasteiger partial charge in [0.25, 0.3) is 11.8 Å². The molecule has 0 aliphatic carbocycles. The number of rotatable bonds is 3. The summed E-state index contributed by atoms with van der Waals surface area (Å²) in [5.74, 6) is -1.99. The van der Waals surface area contributed by atoms with Crippen LogP contribution in [-0.4, -0.2) is 34.9 Å². The molecule has 2 N–H and O–H groups in total. The molecule has 1 saturated heterocycles. The Bertz CT molecular complexity index is 990. The van der Waals surface area contributed by atoms with Crippen molar-refractivity contribution in [2.45, 2.75) is 25.0 Å². The number of nitrogens with zero attached hydrogens (tertiary/aromatic N) is 1. The number of carbonyl (C=O) groups is 4. The van der Waals surface area contributed by atoms with Crippen molar-refractivity contribution < 1.29 is 23.9 Å². The number of hydrogen-bond donors (Lipinski definition) is 2. The quantitative estimate of drug-likeness (QED) is 0.617. The largest absolute Gasteiger partial charge is 0.448 e. The van der Waals surface area contributed by atoms with Gasteiger partial charge in [-0.2, -0.15) is 5.01 Å². The van der Waals surface area contributed by atoms with E-state index < -0.39 is 35.5 Å². The van der Waals surface area contributed by atoms with E-state index in [1.165, 1.54) is 0 Å². The van der Waals surface area contributed by atoms with Crippen LogP contribution in [0.15, 0.2) is 54.6 Å². The van der Waals surface area contributed by atoms with Gasteiger partial charge in [-0.1, -0.05) is 48.5 Å². The van der Waals surface area contributed by atoms with E-state index in [-0.39, 0.29) is 6.42 Å². The van der Waals surface area contributed by atoms with Crippen molar-refractivity contribution in [1.82, 2.24) is 15.8 Å². The summed E-state index contributed by atoms with van der Waals surface area (Å²) in [6, 6.07) is 14.8. The van der Waals surface area contributed by atoms with E-state index in [1.54, 1.807) is 61.5 Å². The first-order chi connectivity index (χ1) is 13.4. The van der Waals surface area contributed by atoms with Crippen molar-refractivity contribution in [1.29, 1.82) is 0 Å². The SMILES string of the molecule is C[C@@]1(c2ccccc2)NC(=O)N(NC(=O)[C@H]2Cc3ccccc3C(=O)O2)C1=O. The Morgan fingerprint density at radius 2 is 1.79 bits per heavy atom. The molecule has 2 heterocycles. The first kappa shape index (κ1) is 17.7. The molecule has 2 aromatic carbocycles. The van der Waals surface area contributed by atoms with Crippen molar-refractivity contribution in [2.75, 3.05) is 0 Å². The molecule has 0 bridgehead atoms. The zero-order chi connectivity index (χ0) is 19.9. The molecule has 28 heavy (non-hydrogen) atoms. The first-order valence-corrected chi connectivity index (χ1v) is 8.72. The maximum absolute atomic E-state index is 12.8. The van der Waals surface area contributed by atoms with Gasteiger partial charge in [0.05, 0.1) is 5.56 Å². The molecule has 0 aromatic heterocycles. The van der Waals surface area contributed by atoms with Crippen LogP contribution in [0, 0.1) is 0 Å². The molecule has 0 spiro atoms. The number of urea groups is 1. The van der Waals surface area contributed by atoms with Crippen LogP contribution < -0.4 is 10.7 Å². The van der Waals surface area contributed by atoms with Crippen molar-refractivity contribution in [3.05, 3.63) is 71.3 Å². The number of hydrazine groups is 1. The smallest absolute Gasteiger partial charge is 0.344 e. The highest BCUT2D eigenvalue weighted by molar-refractivity contribution is 6.08. The molecule has 0 radical (unpaired) electrons. The van der Waals surface area contributed by atoms with E-state index in [0.29, 0.717) is 21.7 Å². The van der Waals surface area contributed by atoms with Gasteiger partial charge in [0, 0.05) is 6.42 Å². The number of nitrogens with one attached hydrogen (secondary N) is 2. The molecule has 2 atom stereocenters. The average molecular weight is 379 g/mol. The summed E-state index contributed by atoms with van der Waals surface area (Å²) in [5.41, 5.74) is 2.63. The number of imide groups is 1. The summed E-state index contributed by atoms with van der Waals surface area (Å²) >= 11 is 0. The number of carbonyl (C=O) groups excluding carboxylic acids is 4. The molecule has 0 unspecified atom stereocenters. The van der Waals surface area contributed by atoms with Gasteiger partial charge < -0.3 is 10.1 Å². The molecular formula is C20H17N3O5. The maximum atomic E-state index is 12.8. The second-order valence-corrected chi connectivity index (χ2v) is 6.79. The van der Waals surface area contributed by atoms with Gasteiger partial charge >= 0.3 is 12.0 Å². The lowest BCUT2D eigenvalue weighted by atomic mass is 9.92. The van der Waals surface area contributed by atoms with Gasteiger partial charge in [0.1, 0.15) is 5.54 Å². The Morgan fingerprint density at radius 1 is 1.11 bits per heavy atom. The van der Waals surface area contributed by atoms with Crippen LogP contribution >= 0.6 is 0 Å². The third-order valence-electron chi connectivity index (χ3n) is 4.95. The second kappa shape index (κ2) is 6.49. The number of cyclic esters (lactones) is 1. The van der Waals surface area contributed by atoms with Gasteiger partial charge in [-0.3, -0.25) is 15.0 Å². The Labute approximate surface area is 160 Å². The zero-order valence-electron chi connectivity index (χ0n) is 15.0. The zero-order valence-corrected chi connectivity index (χ0v) is 15.0. The van der Waals surface area contributed by atoms with Crippen LogP contribution in [0.5, 0.6) is 0 Å². The first-order valence-electron chi connectivity index (χ1n) is 8.72. The lowest BCUT2D eigenvalue weighted by Crippen LogP contribution is -2.52. The minimum Gasteiger partial charge on any atom is -0.448 e. The van der Waals surface area contributed by atoms with Crippen LogP contribution in [0.3, 0.4) is 0 Å². The highest BCUT2D eigenvalue weighted by atomic mass is 16.5. The highest BCUT2D eigenvalue weighted by Gasteiger charge is 2.50. The Kier molecular flexibility index (Phi) is 4.11. The number of ether oxygens (including phenoxy) is 1. The van der Waals surface area contributed by atoms with Crippen LogP contribution in [-0.2, 0) is 26.3 Å². The van der Waals surface area contributed by atoms with Crippen molar-refractivity contribution in [3.63, 3.8) is 0 Å². The molecule has 0 saturated carbocycles. The fourth-order valence-corrected chi connectivity index (χ4v) is 3.37. The third-order valence-corrected chi connectivity index (χ3v) is 4.95. The normalized spacial score (nSPS) is 23.7. The van der Waals surface area contributed by atoms with Crippen LogP contribution in [0.2, 0.25) is 0 Å². The molecule has 2 aliphatic heterocycles. The van der Waals surface area contributed by atoms with Crippen LogP contribution in [0.25, 0.3) is 0 Å². The van der Waals surface area contributed by atoms with Gasteiger partial charge in [0.15, 0.2) is 6.10 Å². The molecule has 2 aromatic rings.